The van der Waals surface area contributed by atoms with Crippen LogP contribution in [0.4, 0.5) is 5.82 Å². The van der Waals surface area contributed by atoms with Crippen LogP contribution in [0.1, 0.15) is 34.8 Å². The SMILES string of the molecule is Cc1ccc(-n2nc(-c3ccccc3)c3c2N(CC(=O)NCCN2CCCC2)C(=O)CSC3c2ccc3c(c2)OCO3)cc1. The van der Waals surface area contributed by atoms with Crippen LogP contribution in [0, 0.1) is 6.92 Å². The van der Waals surface area contributed by atoms with Gasteiger partial charge in [-0.25, -0.2) is 4.68 Å². The highest BCUT2D eigenvalue weighted by Gasteiger charge is 2.38. The first kappa shape index (κ1) is 28.5. The number of ether oxygens (including phenoxy) is 2. The zero-order valence-electron chi connectivity index (χ0n) is 24.7. The molecule has 3 aliphatic rings. The number of aromatic nitrogens is 2. The molecule has 9 nitrogen and oxygen atoms in total. The molecule has 44 heavy (non-hydrogen) atoms. The summed E-state index contributed by atoms with van der Waals surface area (Å²) in [6.45, 7) is 5.63. The Morgan fingerprint density at radius 3 is 2.57 bits per heavy atom. The molecule has 7 rings (SSSR count). The monoisotopic (exact) mass is 609 g/mol. The Hall–Kier alpha value is -4.28. The molecule has 226 valence electrons. The van der Waals surface area contributed by atoms with Gasteiger partial charge in [0.1, 0.15) is 12.4 Å². The molecule has 2 amide bonds. The number of carbonyl (C=O) groups is 2. The van der Waals surface area contributed by atoms with Crippen LogP contribution in [-0.4, -0.2) is 71.8 Å². The van der Waals surface area contributed by atoms with Gasteiger partial charge in [0.2, 0.25) is 18.6 Å². The van der Waals surface area contributed by atoms with Gasteiger partial charge in [0.05, 0.1) is 22.4 Å². The molecule has 0 spiro atoms. The van der Waals surface area contributed by atoms with Crippen molar-refractivity contribution in [2.45, 2.75) is 25.0 Å². The van der Waals surface area contributed by atoms with Gasteiger partial charge >= 0.3 is 0 Å². The van der Waals surface area contributed by atoms with Crippen molar-refractivity contribution >= 4 is 29.4 Å². The molecule has 1 saturated heterocycles. The number of fused-ring (bicyclic) bond motifs is 2. The molecule has 4 aromatic rings. The minimum Gasteiger partial charge on any atom is -0.454 e. The van der Waals surface area contributed by atoms with Crippen molar-refractivity contribution in [1.82, 2.24) is 20.0 Å². The molecule has 4 heterocycles. The highest BCUT2D eigenvalue weighted by atomic mass is 32.2. The van der Waals surface area contributed by atoms with Gasteiger partial charge in [0, 0.05) is 24.2 Å². The van der Waals surface area contributed by atoms with Crippen LogP contribution in [0.5, 0.6) is 11.5 Å². The Bertz CT molecular complexity index is 1670. The minimum absolute atomic E-state index is 0.0912. The Labute approximate surface area is 261 Å². The zero-order valence-corrected chi connectivity index (χ0v) is 25.5. The van der Waals surface area contributed by atoms with E-state index in [-0.39, 0.29) is 36.2 Å². The van der Waals surface area contributed by atoms with Gasteiger partial charge in [-0.2, -0.15) is 5.10 Å². The van der Waals surface area contributed by atoms with Crippen molar-refractivity contribution in [3.8, 4) is 28.4 Å². The molecular formula is C34H35N5O4S. The number of carbonyl (C=O) groups excluding carboxylic acids is 2. The molecule has 1 N–H and O–H groups in total. The second kappa shape index (κ2) is 12.4. The number of anilines is 1. The predicted molar refractivity (Wildman–Crippen MR) is 172 cm³/mol. The third-order valence-electron chi connectivity index (χ3n) is 8.36. The maximum atomic E-state index is 14.0. The van der Waals surface area contributed by atoms with Crippen molar-refractivity contribution in [2.24, 2.45) is 0 Å². The lowest BCUT2D eigenvalue weighted by molar-refractivity contribution is -0.122. The normalized spacial score (nSPS) is 17.9. The van der Waals surface area contributed by atoms with E-state index in [0.29, 0.717) is 23.9 Å². The number of rotatable bonds is 8. The Morgan fingerprint density at radius 1 is 1.00 bits per heavy atom. The lowest BCUT2D eigenvalue weighted by Crippen LogP contribution is -2.44. The van der Waals surface area contributed by atoms with Gasteiger partial charge in [-0.15, -0.1) is 11.8 Å². The average Bonchev–Trinajstić information content (AvgIpc) is 3.80. The summed E-state index contributed by atoms with van der Waals surface area (Å²) in [5, 5.41) is 7.99. The van der Waals surface area contributed by atoms with Crippen molar-refractivity contribution < 1.29 is 19.1 Å². The quantitative estimate of drug-likeness (QED) is 0.302. The summed E-state index contributed by atoms with van der Waals surface area (Å²) in [7, 11) is 0. The van der Waals surface area contributed by atoms with E-state index in [4.69, 9.17) is 14.6 Å². The molecule has 1 unspecified atom stereocenters. The molecule has 0 radical (unpaired) electrons. The summed E-state index contributed by atoms with van der Waals surface area (Å²) in [4.78, 5) is 31.4. The van der Waals surface area contributed by atoms with E-state index in [2.05, 4.69) is 10.2 Å². The van der Waals surface area contributed by atoms with Crippen molar-refractivity contribution in [1.29, 1.82) is 0 Å². The van der Waals surface area contributed by atoms with Gasteiger partial charge < -0.3 is 19.7 Å². The lowest BCUT2D eigenvalue weighted by atomic mass is 9.99. The van der Waals surface area contributed by atoms with E-state index in [1.165, 1.54) is 24.6 Å². The van der Waals surface area contributed by atoms with Crippen LogP contribution < -0.4 is 19.7 Å². The number of nitrogens with one attached hydrogen (secondary N) is 1. The Morgan fingerprint density at radius 2 is 1.77 bits per heavy atom. The van der Waals surface area contributed by atoms with E-state index < -0.39 is 0 Å². The van der Waals surface area contributed by atoms with Crippen molar-refractivity contribution in [3.05, 3.63) is 89.5 Å². The molecular weight excluding hydrogens is 574 g/mol. The standard InChI is InChI=1S/C34H35N5O4S/c1-23-9-12-26(13-10-23)39-34-31(32(36-39)24-7-3-2-4-8-24)33(25-11-14-27-28(19-25)43-22-42-27)44-21-30(41)38(34)20-29(40)35-15-18-37-16-5-6-17-37/h2-4,7-14,19,33H,5-6,15-18,20-22H2,1H3,(H,35,40). The molecule has 1 aromatic heterocycles. The van der Waals surface area contributed by atoms with E-state index in [0.717, 1.165) is 53.3 Å². The summed E-state index contributed by atoms with van der Waals surface area (Å²) in [5.41, 5.74) is 5.50. The largest absolute Gasteiger partial charge is 0.454 e. The first-order valence-corrected chi connectivity index (χ1v) is 16.2. The third-order valence-corrected chi connectivity index (χ3v) is 9.62. The number of likely N-dealkylation sites (tertiary alicyclic amines) is 1. The number of hydrogen-bond acceptors (Lipinski definition) is 7. The number of hydrogen-bond donors (Lipinski definition) is 1. The number of amides is 2. The number of aryl methyl sites for hydroxylation is 1. The lowest BCUT2D eigenvalue weighted by Gasteiger charge is -2.23. The highest BCUT2D eigenvalue weighted by Crippen LogP contribution is 2.50. The van der Waals surface area contributed by atoms with Gasteiger partial charge in [0.15, 0.2) is 11.5 Å². The molecule has 0 aliphatic carbocycles. The second-order valence-corrected chi connectivity index (χ2v) is 12.5. The van der Waals surface area contributed by atoms with Gasteiger partial charge in [-0.05, 0) is 62.7 Å². The fourth-order valence-electron chi connectivity index (χ4n) is 6.09. The predicted octanol–water partition coefficient (Wildman–Crippen LogP) is 4.96. The highest BCUT2D eigenvalue weighted by molar-refractivity contribution is 8.00. The van der Waals surface area contributed by atoms with Gasteiger partial charge in [0.25, 0.3) is 0 Å². The van der Waals surface area contributed by atoms with Crippen LogP contribution in [0.2, 0.25) is 0 Å². The molecule has 3 aliphatic heterocycles. The third kappa shape index (κ3) is 5.67. The van der Waals surface area contributed by atoms with Crippen LogP contribution in [0.3, 0.4) is 0 Å². The molecule has 0 bridgehead atoms. The zero-order chi connectivity index (χ0) is 30.0. The number of nitrogens with zero attached hydrogens (tertiary/aromatic N) is 4. The Balaban J connectivity index is 1.34. The first-order chi connectivity index (χ1) is 21.5. The van der Waals surface area contributed by atoms with Crippen LogP contribution in [-0.2, 0) is 9.59 Å². The van der Waals surface area contributed by atoms with E-state index in [1.54, 1.807) is 4.90 Å². The fourth-order valence-corrected chi connectivity index (χ4v) is 7.28. The van der Waals surface area contributed by atoms with Crippen molar-refractivity contribution in [3.63, 3.8) is 0 Å². The molecule has 1 fully saturated rings. The molecule has 10 heteroatoms. The van der Waals surface area contributed by atoms with E-state index >= 15 is 0 Å². The topological polar surface area (TPSA) is 88.9 Å². The maximum absolute atomic E-state index is 14.0. The summed E-state index contributed by atoms with van der Waals surface area (Å²) in [6.07, 6.45) is 2.40. The van der Waals surface area contributed by atoms with Crippen molar-refractivity contribution in [2.75, 3.05) is 50.2 Å². The summed E-state index contributed by atoms with van der Waals surface area (Å²) >= 11 is 1.54. The fraction of sp³-hybridized carbons (Fsp3) is 0.324. The minimum atomic E-state index is -0.249. The van der Waals surface area contributed by atoms with Gasteiger partial charge in [-0.3, -0.25) is 14.5 Å². The molecule has 3 aromatic carbocycles. The average molecular weight is 610 g/mol. The smallest absolute Gasteiger partial charge is 0.240 e. The van der Waals surface area contributed by atoms with Gasteiger partial charge in [-0.1, -0.05) is 54.1 Å². The number of thioether (sulfide) groups is 1. The summed E-state index contributed by atoms with van der Waals surface area (Å²) in [6, 6.07) is 24.0. The molecule has 0 saturated carbocycles. The van der Waals surface area contributed by atoms with E-state index in [9.17, 15) is 9.59 Å². The van der Waals surface area contributed by atoms with Crippen LogP contribution in [0.25, 0.3) is 16.9 Å². The van der Waals surface area contributed by atoms with E-state index in [1.807, 2.05) is 84.4 Å². The Kier molecular flexibility index (Phi) is 8.01. The van der Waals surface area contributed by atoms with Crippen LogP contribution >= 0.6 is 11.8 Å². The van der Waals surface area contributed by atoms with Crippen LogP contribution in [0.15, 0.2) is 72.8 Å². The number of benzene rings is 3. The first-order valence-electron chi connectivity index (χ1n) is 15.1. The maximum Gasteiger partial charge on any atom is 0.240 e. The summed E-state index contributed by atoms with van der Waals surface area (Å²) in [5.74, 6) is 1.88. The molecule has 1 atom stereocenters. The second-order valence-electron chi connectivity index (χ2n) is 11.4. The summed E-state index contributed by atoms with van der Waals surface area (Å²) < 4.78 is 13.2.